The van der Waals surface area contributed by atoms with Crippen LogP contribution in [0.5, 0.6) is 5.75 Å². The third-order valence-electron chi connectivity index (χ3n) is 2.61. The maximum absolute atomic E-state index is 12.2. The van der Waals surface area contributed by atoms with Crippen LogP contribution in [0.1, 0.15) is 10.4 Å². The van der Waals surface area contributed by atoms with Gasteiger partial charge in [-0.1, -0.05) is 12.1 Å². The molecule has 1 heterocycles. The van der Waals surface area contributed by atoms with Crippen LogP contribution in [-0.2, 0) is 0 Å². The highest BCUT2D eigenvalue weighted by Gasteiger charge is 2.14. The Morgan fingerprint density at radius 2 is 1.95 bits per heavy atom. The summed E-state index contributed by atoms with van der Waals surface area (Å²) in [4.78, 5) is 18.1. The molecule has 0 radical (unpaired) electrons. The van der Waals surface area contributed by atoms with Crippen molar-refractivity contribution in [2.75, 3.05) is 24.3 Å². The van der Waals surface area contributed by atoms with Crippen LogP contribution in [0.2, 0.25) is 0 Å². The number of pyridine rings is 1. The molecular weight excluding hydrogens is 242 g/mol. The lowest BCUT2D eigenvalue weighted by atomic mass is 10.2. The van der Waals surface area contributed by atoms with Crippen LogP contribution in [0.25, 0.3) is 0 Å². The second kappa shape index (κ2) is 5.39. The Kier molecular flexibility index (Phi) is 3.66. The van der Waals surface area contributed by atoms with E-state index in [9.17, 15) is 9.90 Å². The molecule has 0 atom stereocenters. The largest absolute Gasteiger partial charge is 0.506 e. The van der Waals surface area contributed by atoms with Gasteiger partial charge in [-0.25, -0.2) is 4.98 Å². The van der Waals surface area contributed by atoms with E-state index in [2.05, 4.69) is 10.3 Å². The van der Waals surface area contributed by atoms with Gasteiger partial charge in [0.1, 0.15) is 11.6 Å². The Labute approximate surface area is 111 Å². The Morgan fingerprint density at radius 1 is 1.21 bits per heavy atom. The van der Waals surface area contributed by atoms with E-state index < -0.39 is 0 Å². The number of phenolic OH excluding ortho intramolecular Hbond substituents is 1. The van der Waals surface area contributed by atoms with Crippen molar-refractivity contribution in [1.29, 1.82) is 0 Å². The van der Waals surface area contributed by atoms with E-state index in [-0.39, 0.29) is 11.7 Å². The Bertz CT molecular complexity index is 597. The zero-order valence-corrected chi connectivity index (χ0v) is 10.8. The monoisotopic (exact) mass is 257 g/mol. The zero-order valence-electron chi connectivity index (χ0n) is 10.8. The minimum Gasteiger partial charge on any atom is -0.506 e. The van der Waals surface area contributed by atoms with E-state index in [4.69, 9.17) is 0 Å². The fraction of sp³-hybridized carbons (Fsp3) is 0.143. The van der Waals surface area contributed by atoms with E-state index in [0.29, 0.717) is 17.1 Å². The molecule has 1 aromatic carbocycles. The molecule has 0 spiro atoms. The van der Waals surface area contributed by atoms with Crippen molar-refractivity contribution in [2.45, 2.75) is 0 Å². The number of aromatic hydroxyl groups is 1. The normalized spacial score (nSPS) is 10.0. The molecule has 0 aliphatic carbocycles. The zero-order chi connectivity index (χ0) is 13.8. The van der Waals surface area contributed by atoms with Crippen molar-refractivity contribution < 1.29 is 9.90 Å². The minimum atomic E-state index is -0.307. The van der Waals surface area contributed by atoms with Gasteiger partial charge in [-0.2, -0.15) is 0 Å². The Hall–Kier alpha value is -2.56. The Morgan fingerprint density at radius 3 is 2.63 bits per heavy atom. The first kappa shape index (κ1) is 12.9. The average molecular weight is 257 g/mol. The molecule has 5 nitrogen and oxygen atoms in total. The van der Waals surface area contributed by atoms with Gasteiger partial charge in [0.2, 0.25) is 0 Å². The number of para-hydroxylation sites is 2. The number of hydrogen-bond donors (Lipinski definition) is 2. The maximum atomic E-state index is 12.2. The van der Waals surface area contributed by atoms with Crippen molar-refractivity contribution in [1.82, 2.24) is 4.98 Å². The summed E-state index contributed by atoms with van der Waals surface area (Å²) in [5, 5.41) is 12.3. The van der Waals surface area contributed by atoms with Crippen molar-refractivity contribution in [3.8, 4) is 5.75 Å². The third kappa shape index (κ3) is 2.82. The number of phenols is 1. The molecule has 1 amide bonds. The molecule has 0 saturated heterocycles. The summed E-state index contributed by atoms with van der Waals surface area (Å²) in [7, 11) is 3.64. The minimum absolute atomic E-state index is 0.0335. The summed E-state index contributed by atoms with van der Waals surface area (Å²) in [6, 6.07) is 9.99. The molecule has 0 bridgehead atoms. The second-order valence-electron chi connectivity index (χ2n) is 4.24. The summed E-state index contributed by atoms with van der Waals surface area (Å²) in [5.41, 5.74) is 0.830. The van der Waals surface area contributed by atoms with Crippen LogP contribution in [0.3, 0.4) is 0 Å². The highest BCUT2D eigenvalue weighted by atomic mass is 16.3. The lowest BCUT2D eigenvalue weighted by Gasteiger charge is -2.15. The molecule has 2 rings (SSSR count). The molecule has 2 N–H and O–H groups in total. The van der Waals surface area contributed by atoms with Crippen LogP contribution in [0.4, 0.5) is 11.5 Å². The number of carbonyl (C=O) groups excluding carboxylic acids is 1. The van der Waals surface area contributed by atoms with Crippen LogP contribution in [0, 0.1) is 0 Å². The first-order valence-electron chi connectivity index (χ1n) is 5.81. The van der Waals surface area contributed by atoms with E-state index in [0.717, 1.165) is 0 Å². The SMILES string of the molecule is CN(C)c1ncccc1C(=O)Nc1ccccc1O. The summed E-state index contributed by atoms with van der Waals surface area (Å²) in [6.45, 7) is 0. The van der Waals surface area contributed by atoms with Gasteiger partial charge in [-0.3, -0.25) is 4.79 Å². The lowest BCUT2D eigenvalue weighted by molar-refractivity contribution is 0.102. The molecule has 98 valence electrons. The van der Waals surface area contributed by atoms with Gasteiger partial charge in [0, 0.05) is 20.3 Å². The first-order valence-corrected chi connectivity index (χ1v) is 5.81. The van der Waals surface area contributed by atoms with Gasteiger partial charge in [0.05, 0.1) is 11.3 Å². The first-order chi connectivity index (χ1) is 9.09. The molecular formula is C14H15N3O2. The molecule has 0 saturated carbocycles. The smallest absolute Gasteiger partial charge is 0.259 e. The summed E-state index contributed by atoms with van der Waals surface area (Å²) in [5.74, 6) is 0.305. The van der Waals surface area contributed by atoms with Gasteiger partial charge in [0.25, 0.3) is 5.91 Å². The number of nitrogens with zero attached hydrogens (tertiary/aromatic N) is 2. The van der Waals surface area contributed by atoms with Crippen LogP contribution in [0.15, 0.2) is 42.6 Å². The van der Waals surface area contributed by atoms with Gasteiger partial charge in [0.15, 0.2) is 0 Å². The highest BCUT2D eigenvalue weighted by Crippen LogP contribution is 2.23. The Balaban J connectivity index is 2.29. The predicted molar refractivity (Wildman–Crippen MR) is 74.6 cm³/mol. The topological polar surface area (TPSA) is 65.5 Å². The highest BCUT2D eigenvalue weighted by molar-refractivity contribution is 6.08. The van der Waals surface area contributed by atoms with Crippen molar-refractivity contribution in [3.63, 3.8) is 0 Å². The third-order valence-corrected chi connectivity index (χ3v) is 2.61. The van der Waals surface area contributed by atoms with E-state index in [1.165, 1.54) is 6.07 Å². The second-order valence-corrected chi connectivity index (χ2v) is 4.24. The number of nitrogens with one attached hydrogen (secondary N) is 1. The predicted octanol–water partition coefficient (Wildman–Crippen LogP) is 2.11. The molecule has 0 aliphatic rings. The number of aromatic nitrogens is 1. The number of amides is 1. The summed E-state index contributed by atoms with van der Waals surface area (Å²) >= 11 is 0. The van der Waals surface area contributed by atoms with Crippen molar-refractivity contribution in [2.24, 2.45) is 0 Å². The summed E-state index contributed by atoms with van der Waals surface area (Å²) in [6.07, 6.45) is 1.63. The number of rotatable bonds is 3. The van der Waals surface area contributed by atoms with Crippen LogP contribution < -0.4 is 10.2 Å². The van der Waals surface area contributed by atoms with E-state index >= 15 is 0 Å². The van der Waals surface area contributed by atoms with Crippen molar-refractivity contribution >= 4 is 17.4 Å². The quantitative estimate of drug-likeness (QED) is 0.826. The number of carbonyl (C=O) groups is 1. The average Bonchev–Trinajstić information content (AvgIpc) is 2.41. The molecule has 1 aromatic heterocycles. The molecule has 19 heavy (non-hydrogen) atoms. The van der Waals surface area contributed by atoms with E-state index in [1.54, 1.807) is 41.4 Å². The lowest BCUT2D eigenvalue weighted by Crippen LogP contribution is -2.19. The number of hydrogen-bond acceptors (Lipinski definition) is 4. The van der Waals surface area contributed by atoms with Crippen LogP contribution in [-0.4, -0.2) is 30.1 Å². The van der Waals surface area contributed by atoms with Gasteiger partial charge in [-0.15, -0.1) is 0 Å². The maximum Gasteiger partial charge on any atom is 0.259 e. The number of anilines is 2. The van der Waals surface area contributed by atoms with Gasteiger partial charge >= 0.3 is 0 Å². The van der Waals surface area contributed by atoms with Gasteiger partial charge in [-0.05, 0) is 24.3 Å². The molecule has 0 fully saturated rings. The molecule has 2 aromatic rings. The van der Waals surface area contributed by atoms with Crippen molar-refractivity contribution in [3.05, 3.63) is 48.2 Å². The molecule has 5 heteroatoms. The molecule has 0 unspecified atom stereocenters. The summed E-state index contributed by atoms with van der Waals surface area (Å²) < 4.78 is 0. The van der Waals surface area contributed by atoms with Crippen LogP contribution >= 0.6 is 0 Å². The fourth-order valence-corrected chi connectivity index (χ4v) is 1.70. The van der Waals surface area contributed by atoms with Gasteiger partial charge < -0.3 is 15.3 Å². The standard InChI is InChI=1S/C14H15N3O2/c1-17(2)13-10(6-5-9-15-13)14(19)16-11-7-3-4-8-12(11)18/h3-9,18H,1-2H3,(H,16,19). The number of benzene rings is 1. The van der Waals surface area contributed by atoms with E-state index in [1.807, 2.05) is 14.1 Å². The fourth-order valence-electron chi connectivity index (χ4n) is 1.70. The molecule has 0 aliphatic heterocycles.